The number of rotatable bonds is 2. The van der Waals surface area contributed by atoms with Crippen molar-refractivity contribution in [1.82, 2.24) is 0 Å². The van der Waals surface area contributed by atoms with E-state index in [-0.39, 0.29) is 10.7 Å². The van der Waals surface area contributed by atoms with Gasteiger partial charge in [-0.15, -0.1) is 0 Å². The maximum Gasteiger partial charge on any atom is 0.418 e. The summed E-state index contributed by atoms with van der Waals surface area (Å²) in [5.41, 5.74) is 6.54. The Hall–Kier alpha value is -1.88. The number of hydrogen-bond donors (Lipinski definition) is 2. The van der Waals surface area contributed by atoms with Gasteiger partial charge in [0.05, 0.1) is 22.6 Å². The van der Waals surface area contributed by atoms with Gasteiger partial charge in [0.2, 0.25) is 0 Å². The third kappa shape index (κ3) is 3.17. The van der Waals surface area contributed by atoms with E-state index in [0.717, 1.165) is 11.6 Å². The second-order valence-electron chi connectivity index (χ2n) is 4.40. The van der Waals surface area contributed by atoms with Crippen molar-refractivity contribution in [2.45, 2.75) is 13.1 Å². The lowest BCUT2D eigenvalue weighted by Gasteiger charge is -2.16. The molecule has 0 heterocycles. The van der Waals surface area contributed by atoms with Crippen LogP contribution in [0.5, 0.6) is 0 Å². The zero-order chi connectivity index (χ0) is 14.9. The summed E-state index contributed by atoms with van der Waals surface area (Å²) in [5.74, 6) is 0. The summed E-state index contributed by atoms with van der Waals surface area (Å²) in [4.78, 5) is 0. The number of hydrogen-bond acceptors (Lipinski definition) is 2. The van der Waals surface area contributed by atoms with E-state index < -0.39 is 11.7 Å². The fourth-order valence-electron chi connectivity index (χ4n) is 1.78. The van der Waals surface area contributed by atoms with Crippen LogP contribution < -0.4 is 11.1 Å². The fraction of sp³-hybridized carbons (Fsp3) is 0.143. The molecule has 106 valence electrons. The first kappa shape index (κ1) is 14.5. The van der Waals surface area contributed by atoms with E-state index in [4.69, 9.17) is 17.3 Å². The number of nitrogens with two attached hydrogens (primary N) is 1. The summed E-state index contributed by atoms with van der Waals surface area (Å²) in [6, 6.07) is 8.67. The van der Waals surface area contributed by atoms with Crippen molar-refractivity contribution < 1.29 is 13.2 Å². The van der Waals surface area contributed by atoms with Gasteiger partial charge in [0, 0.05) is 5.02 Å². The van der Waals surface area contributed by atoms with Crippen LogP contribution in [0, 0.1) is 6.92 Å². The molecule has 6 heteroatoms. The van der Waals surface area contributed by atoms with E-state index in [0.29, 0.717) is 11.4 Å². The summed E-state index contributed by atoms with van der Waals surface area (Å²) in [6.45, 7) is 1.83. The maximum absolute atomic E-state index is 13.0. The van der Waals surface area contributed by atoms with Crippen LogP contribution in [0.15, 0.2) is 36.4 Å². The van der Waals surface area contributed by atoms with Gasteiger partial charge in [-0.05, 0) is 42.8 Å². The highest BCUT2D eigenvalue weighted by Gasteiger charge is 2.33. The van der Waals surface area contributed by atoms with Gasteiger partial charge < -0.3 is 11.1 Å². The van der Waals surface area contributed by atoms with Crippen molar-refractivity contribution in [2.24, 2.45) is 0 Å². The number of anilines is 3. The van der Waals surface area contributed by atoms with Crippen LogP contribution in [0.4, 0.5) is 30.2 Å². The molecular formula is C14H12ClF3N2. The molecule has 0 aliphatic heterocycles. The Morgan fingerprint density at radius 2 is 1.75 bits per heavy atom. The van der Waals surface area contributed by atoms with E-state index >= 15 is 0 Å². The largest absolute Gasteiger partial charge is 0.418 e. The van der Waals surface area contributed by atoms with E-state index in [2.05, 4.69) is 5.32 Å². The van der Waals surface area contributed by atoms with Crippen LogP contribution in [0.3, 0.4) is 0 Å². The van der Waals surface area contributed by atoms with Crippen molar-refractivity contribution in [2.75, 3.05) is 11.1 Å². The monoisotopic (exact) mass is 300 g/mol. The number of benzene rings is 2. The molecule has 0 saturated carbocycles. The molecule has 0 aliphatic rings. The predicted molar refractivity (Wildman–Crippen MR) is 75.3 cm³/mol. The summed E-state index contributed by atoms with van der Waals surface area (Å²) < 4.78 is 38.9. The van der Waals surface area contributed by atoms with Crippen LogP contribution >= 0.6 is 11.6 Å². The maximum atomic E-state index is 13.0. The number of halogens is 4. The van der Waals surface area contributed by atoms with Crippen LogP contribution in [-0.2, 0) is 6.18 Å². The molecule has 0 atom stereocenters. The standard InChI is InChI=1S/C14H12ClF3N2/c1-8-2-4-11(19)13(6-8)20-12-5-3-9(15)7-10(12)14(16,17)18/h2-7,20H,19H2,1H3. The molecular weight excluding hydrogens is 289 g/mol. The Morgan fingerprint density at radius 3 is 2.40 bits per heavy atom. The molecule has 0 spiro atoms. The summed E-state index contributed by atoms with van der Waals surface area (Å²) in [7, 11) is 0. The molecule has 0 aromatic heterocycles. The number of aryl methyl sites for hydroxylation is 1. The van der Waals surface area contributed by atoms with E-state index in [1.807, 2.05) is 6.92 Å². The quantitative estimate of drug-likeness (QED) is 0.767. The number of alkyl halides is 3. The van der Waals surface area contributed by atoms with Gasteiger partial charge in [0.1, 0.15) is 0 Å². The Labute approximate surface area is 119 Å². The molecule has 0 bridgehead atoms. The molecule has 0 amide bonds. The van der Waals surface area contributed by atoms with Crippen LogP contribution in [0.1, 0.15) is 11.1 Å². The molecule has 0 unspecified atom stereocenters. The minimum Gasteiger partial charge on any atom is -0.397 e. The van der Waals surface area contributed by atoms with Gasteiger partial charge >= 0.3 is 6.18 Å². The first-order valence-electron chi connectivity index (χ1n) is 5.77. The first-order chi connectivity index (χ1) is 9.27. The van der Waals surface area contributed by atoms with Crippen LogP contribution in [0.2, 0.25) is 5.02 Å². The Kier molecular flexibility index (Phi) is 3.81. The van der Waals surface area contributed by atoms with Crippen molar-refractivity contribution in [1.29, 1.82) is 0 Å². The Bertz CT molecular complexity index is 639. The normalized spacial score (nSPS) is 11.4. The summed E-state index contributed by atoms with van der Waals surface area (Å²) in [6.07, 6.45) is -4.49. The first-order valence-corrected chi connectivity index (χ1v) is 6.15. The van der Waals surface area contributed by atoms with E-state index in [9.17, 15) is 13.2 Å². The zero-order valence-electron chi connectivity index (χ0n) is 10.6. The topological polar surface area (TPSA) is 38.0 Å². The second kappa shape index (κ2) is 5.25. The predicted octanol–water partition coefficient (Wildman–Crippen LogP) is 4.99. The van der Waals surface area contributed by atoms with Gasteiger partial charge in [0.15, 0.2) is 0 Å². The molecule has 0 saturated heterocycles. The van der Waals surface area contributed by atoms with Gasteiger partial charge in [-0.25, -0.2) is 0 Å². The van der Waals surface area contributed by atoms with Crippen LogP contribution in [0.25, 0.3) is 0 Å². The van der Waals surface area contributed by atoms with Gasteiger partial charge in [-0.1, -0.05) is 17.7 Å². The molecule has 0 fully saturated rings. The van der Waals surface area contributed by atoms with E-state index in [1.54, 1.807) is 18.2 Å². The van der Waals surface area contributed by atoms with Crippen LogP contribution in [-0.4, -0.2) is 0 Å². The van der Waals surface area contributed by atoms with Gasteiger partial charge in [0.25, 0.3) is 0 Å². The number of nitrogens with one attached hydrogen (secondary N) is 1. The minimum absolute atomic E-state index is 0.0279. The average Bonchev–Trinajstić information content (AvgIpc) is 2.34. The molecule has 0 radical (unpaired) electrons. The van der Waals surface area contributed by atoms with Crippen molar-refractivity contribution in [3.05, 3.63) is 52.5 Å². The third-order valence-electron chi connectivity index (χ3n) is 2.77. The Balaban J connectivity index is 2.46. The zero-order valence-corrected chi connectivity index (χ0v) is 11.3. The lowest BCUT2D eigenvalue weighted by atomic mass is 10.1. The third-order valence-corrected chi connectivity index (χ3v) is 3.00. The average molecular weight is 301 g/mol. The number of nitrogen functional groups attached to an aromatic ring is 1. The second-order valence-corrected chi connectivity index (χ2v) is 4.84. The molecule has 2 aromatic carbocycles. The molecule has 2 rings (SSSR count). The highest BCUT2D eigenvalue weighted by Crippen LogP contribution is 2.38. The summed E-state index contributed by atoms with van der Waals surface area (Å²) in [5, 5.41) is 2.74. The lowest BCUT2D eigenvalue weighted by Crippen LogP contribution is -2.09. The highest BCUT2D eigenvalue weighted by molar-refractivity contribution is 6.30. The molecule has 3 N–H and O–H groups in total. The van der Waals surface area contributed by atoms with Crippen molar-refractivity contribution >= 4 is 28.7 Å². The Morgan fingerprint density at radius 1 is 1.05 bits per heavy atom. The van der Waals surface area contributed by atoms with E-state index in [1.165, 1.54) is 12.1 Å². The molecule has 2 aromatic rings. The van der Waals surface area contributed by atoms with Gasteiger partial charge in [-0.3, -0.25) is 0 Å². The molecule has 2 nitrogen and oxygen atoms in total. The molecule has 0 aliphatic carbocycles. The summed E-state index contributed by atoms with van der Waals surface area (Å²) >= 11 is 5.63. The molecule has 20 heavy (non-hydrogen) atoms. The SMILES string of the molecule is Cc1ccc(N)c(Nc2ccc(Cl)cc2C(F)(F)F)c1. The van der Waals surface area contributed by atoms with Crippen molar-refractivity contribution in [3.8, 4) is 0 Å². The van der Waals surface area contributed by atoms with Crippen molar-refractivity contribution in [3.63, 3.8) is 0 Å². The lowest BCUT2D eigenvalue weighted by molar-refractivity contribution is -0.136. The van der Waals surface area contributed by atoms with Gasteiger partial charge in [-0.2, -0.15) is 13.2 Å². The minimum atomic E-state index is -4.49. The fourth-order valence-corrected chi connectivity index (χ4v) is 1.96. The highest BCUT2D eigenvalue weighted by atomic mass is 35.5. The smallest absolute Gasteiger partial charge is 0.397 e.